The van der Waals surface area contributed by atoms with Gasteiger partial charge in [-0.05, 0) is 26.0 Å². The standard InChI is InChI=1S/C11H15ClN2O/c1-8(15-9-2-4-13-6-9)10-7-14-5-3-11(10)12/h3,5,7-9,13H,2,4,6H2,1H3/t8-,9+/m0/s1. The van der Waals surface area contributed by atoms with Crippen molar-refractivity contribution < 1.29 is 4.74 Å². The Hall–Kier alpha value is -0.640. The van der Waals surface area contributed by atoms with Gasteiger partial charge in [0.1, 0.15) is 0 Å². The van der Waals surface area contributed by atoms with Crippen LogP contribution in [0.4, 0.5) is 0 Å². The van der Waals surface area contributed by atoms with E-state index in [1.807, 2.05) is 6.92 Å². The highest BCUT2D eigenvalue weighted by atomic mass is 35.5. The number of hydrogen-bond donors (Lipinski definition) is 1. The summed E-state index contributed by atoms with van der Waals surface area (Å²) in [6.45, 7) is 3.99. The van der Waals surface area contributed by atoms with Crippen molar-refractivity contribution in [1.82, 2.24) is 10.3 Å². The van der Waals surface area contributed by atoms with Crippen LogP contribution >= 0.6 is 11.6 Å². The van der Waals surface area contributed by atoms with E-state index in [-0.39, 0.29) is 6.10 Å². The number of ether oxygens (including phenoxy) is 1. The van der Waals surface area contributed by atoms with Gasteiger partial charge in [0.15, 0.2) is 0 Å². The normalized spacial score (nSPS) is 22.9. The van der Waals surface area contributed by atoms with E-state index in [1.54, 1.807) is 18.5 Å². The largest absolute Gasteiger partial charge is 0.369 e. The van der Waals surface area contributed by atoms with Crippen molar-refractivity contribution in [3.63, 3.8) is 0 Å². The van der Waals surface area contributed by atoms with E-state index in [0.717, 1.165) is 30.1 Å². The van der Waals surface area contributed by atoms with E-state index < -0.39 is 0 Å². The molecule has 0 amide bonds. The molecule has 1 aromatic rings. The fourth-order valence-corrected chi connectivity index (χ4v) is 2.05. The Morgan fingerprint density at radius 1 is 1.67 bits per heavy atom. The molecule has 2 atom stereocenters. The third kappa shape index (κ3) is 2.68. The van der Waals surface area contributed by atoms with Crippen LogP contribution < -0.4 is 5.32 Å². The summed E-state index contributed by atoms with van der Waals surface area (Å²) in [5.74, 6) is 0. The highest BCUT2D eigenvalue weighted by molar-refractivity contribution is 6.31. The summed E-state index contributed by atoms with van der Waals surface area (Å²) in [5, 5.41) is 4.00. The minimum Gasteiger partial charge on any atom is -0.369 e. The summed E-state index contributed by atoms with van der Waals surface area (Å²) in [5.41, 5.74) is 0.964. The quantitative estimate of drug-likeness (QED) is 0.858. The van der Waals surface area contributed by atoms with Gasteiger partial charge in [-0.15, -0.1) is 0 Å². The average molecular weight is 227 g/mol. The lowest BCUT2D eigenvalue weighted by molar-refractivity contribution is 0.00817. The second-order valence-corrected chi connectivity index (χ2v) is 4.20. The average Bonchev–Trinajstić information content (AvgIpc) is 2.71. The van der Waals surface area contributed by atoms with Crippen LogP contribution in [0.1, 0.15) is 25.0 Å². The summed E-state index contributed by atoms with van der Waals surface area (Å²) >= 11 is 6.07. The molecule has 1 aliphatic rings. The summed E-state index contributed by atoms with van der Waals surface area (Å²) in [6, 6.07) is 1.80. The topological polar surface area (TPSA) is 34.1 Å². The molecule has 0 saturated carbocycles. The number of nitrogens with zero attached hydrogens (tertiary/aromatic N) is 1. The first-order valence-corrected chi connectivity index (χ1v) is 5.61. The van der Waals surface area contributed by atoms with Crippen molar-refractivity contribution in [1.29, 1.82) is 0 Å². The smallest absolute Gasteiger partial charge is 0.0830 e. The lowest BCUT2D eigenvalue weighted by atomic mass is 10.2. The van der Waals surface area contributed by atoms with Gasteiger partial charge in [0.05, 0.1) is 12.2 Å². The first-order valence-electron chi connectivity index (χ1n) is 5.23. The Kier molecular flexibility index (Phi) is 3.57. The lowest BCUT2D eigenvalue weighted by Crippen LogP contribution is -2.18. The maximum atomic E-state index is 6.07. The number of hydrogen-bond acceptors (Lipinski definition) is 3. The maximum absolute atomic E-state index is 6.07. The highest BCUT2D eigenvalue weighted by Crippen LogP contribution is 2.26. The van der Waals surface area contributed by atoms with Gasteiger partial charge < -0.3 is 10.1 Å². The van der Waals surface area contributed by atoms with Crippen molar-refractivity contribution in [2.75, 3.05) is 13.1 Å². The maximum Gasteiger partial charge on any atom is 0.0830 e. The molecule has 15 heavy (non-hydrogen) atoms. The fourth-order valence-electron chi connectivity index (χ4n) is 1.80. The second-order valence-electron chi connectivity index (χ2n) is 3.79. The molecule has 0 bridgehead atoms. The monoisotopic (exact) mass is 226 g/mol. The van der Waals surface area contributed by atoms with Crippen molar-refractivity contribution in [2.24, 2.45) is 0 Å². The zero-order valence-corrected chi connectivity index (χ0v) is 9.50. The molecule has 0 radical (unpaired) electrons. The van der Waals surface area contributed by atoms with Crippen LogP contribution in [0.2, 0.25) is 5.02 Å². The summed E-state index contributed by atoms with van der Waals surface area (Å²) in [4.78, 5) is 4.06. The van der Waals surface area contributed by atoms with Gasteiger partial charge in [0.25, 0.3) is 0 Å². The molecule has 2 heterocycles. The second kappa shape index (κ2) is 4.92. The van der Waals surface area contributed by atoms with E-state index in [0.29, 0.717) is 6.10 Å². The number of pyridine rings is 1. The third-order valence-electron chi connectivity index (χ3n) is 2.65. The highest BCUT2D eigenvalue weighted by Gasteiger charge is 2.19. The molecular weight excluding hydrogens is 212 g/mol. The molecule has 0 spiro atoms. The number of aromatic nitrogens is 1. The van der Waals surface area contributed by atoms with Crippen LogP contribution in [0.15, 0.2) is 18.5 Å². The summed E-state index contributed by atoms with van der Waals surface area (Å²) in [7, 11) is 0. The van der Waals surface area contributed by atoms with Gasteiger partial charge in [0, 0.05) is 29.5 Å². The van der Waals surface area contributed by atoms with Gasteiger partial charge in [-0.3, -0.25) is 4.98 Å². The summed E-state index contributed by atoms with van der Waals surface area (Å²) in [6.07, 6.45) is 4.85. The Morgan fingerprint density at radius 2 is 2.53 bits per heavy atom. The van der Waals surface area contributed by atoms with Crippen molar-refractivity contribution >= 4 is 11.6 Å². The first-order chi connectivity index (χ1) is 7.27. The molecule has 1 fully saturated rings. The van der Waals surface area contributed by atoms with Crippen LogP contribution in [0.25, 0.3) is 0 Å². The van der Waals surface area contributed by atoms with Crippen LogP contribution in [-0.2, 0) is 4.74 Å². The first kappa shape index (κ1) is 10.9. The van der Waals surface area contributed by atoms with E-state index in [4.69, 9.17) is 16.3 Å². The Balaban J connectivity index is 2.00. The molecule has 4 heteroatoms. The van der Waals surface area contributed by atoms with Gasteiger partial charge >= 0.3 is 0 Å². The molecule has 0 unspecified atom stereocenters. The number of nitrogens with one attached hydrogen (secondary N) is 1. The van der Waals surface area contributed by atoms with Crippen molar-refractivity contribution in [2.45, 2.75) is 25.6 Å². The van der Waals surface area contributed by atoms with E-state index >= 15 is 0 Å². The van der Waals surface area contributed by atoms with E-state index in [1.165, 1.54) is 0 Å². The van der Waals surface area contributed by atoms with Crippen LogP contribution in [0.5, 0.6) is 0 Å². The Bertz CT molecular complexity index is 326. The molecule has 0 aromatic carbocycles. The molecule has 1 saturated heterocycles. The zero-order chi connectivity index (χ0) is 10.7. The van der Waals surface area contributed by atoms with Gasteiger partial charge in [-0.25, -0.2) is 0 Å². The predicted octanol–water partition coefficient (Wildman–Crippen LogP) is 2.17. The van der Waals surface area contributed by atoms with Gasteiger partial charge in [-0.2, -0.15) is 0 Å². The molecule has 1 aromatic heterocycles. The number of rotatable bonds is 3. The lowest BCUT2D eigenvalue weighted by Gasteiger charge is -2.18. The van der Waals surface area contributed by atoms with Crippen LogP contribution in [0.3, 0.4) is 0 Å². The van der Waals surface area contributed by atoms with E-state index in [2.05, 4.69) is 10.3 Å². The van der Waals surface area contributed by atoms with E-state index in [9.17, 15) is 0 Å². The Labute approximate surface area is 94.8 Å². The zero-order valence-electron chi connectivity index (χ0n) is 8.74. The third-order valence-corrected chi connectivity index (χ3v) is 2.99. The van der Waals surface area contributed by atoms with Crippen LogP contribution in [-0.4, -0.2) is 24.2 Å². The minimum absolute atomic E-state index is 0.0103. The molecule has 0 aliphatic carbocycles. The number of halogens is 1. The SMILES string of the molecule is C[C@H](O[C@@H]1CCNC1)c1cnccc1Cl. The minimum atomic E-state index is 0.0103. The fraction of sp³-hybridized carbons (Fsp3) is 0.545. The van der Waals surface area contributed by atoms with Crippen molar-refractivity contribution in [3.8, 4) is 0 Å². The van der Waals surface area contributed by atoms with Gasteiger partial charge in [-0.1, -0.05) is 11.6 Å². The molecule has 2 rings (SSSR count). The van der Waals surface area contributed by atoms with Crippen molar-refractivity contribution in [3.05, 3.63) is 29.0 Å². The van der Waals surface area contributed by atoms with Crippen LogP contribution in [0, 0.1) is 0 Å². The van der Waals surface area contributed by atoms with Gasteiger partial charge in [0.2, 0.25) is 0 Å². The molecule has 3 nitrogen and oxygen atoms in total. The summed E-state index contributed by atoms with van der Waals surface area (Å²) < 4.78 is 5.89. The molecular formula is C11H15ClN2O. The Morgan fingerprint density at radius 3 is 3.20 bits per heavy atom. The molecule has 1 aliphatic heterocycles. The molecule has 1 N–H and O–H groups in total. The molecule has 82 valence electrons. The predicted molar refractivity (Wildman–Crippen MR) is 60.0 cm³/mol.